The Bertz CT molecular complexity index is 1320. The highest BCUT2D eigenvalue weighted by Crippen LogP contribution is 2.30. The first-order chi connectivity index (χ1) is 17.5. The van der Waals surface area contributed by atoms with Crippen LogP contribution in [0.15, 0.2) is 36.4 Å². The summed E-state index contributed by atoms with van der Waals surface area (Å²) in [5.41, 5.74) is 9.36. The molecule has 0 radical (unpaired) electrons. The number of rotatable bonds is 6. The molecule has 0 spiro atoms. The molecule has 2 aromatic carbocycles. The number of hydrogen-bond donors (Lipinski definition) is 4. The summed E-state index contributed by atoms with van der Waals surface area (Å²) in [5, 5.41) is 5.97. The van der Waals surface area contributed by atoms with Gasteiger partial charge in [-0.15, -0.1) is 0 Å². The third kappa shape index (κ3) is 6.28. The zero-order chi connectivity index (χ0) is 26.7. The van der Waals surface area contributed by atoms with E-state index >= 15 is 0 Å². The predicted molar refractivity (Wildman–Crippen MR) is 147 cm³/mol. The lowest BCUT2D eigenvalue weighted by molar-refractivity contribution is -0.117. The van der Waals surface area contributed by atoms with E-state index in [-0.39, 0.29) is 23.0 Å². The van der Waals surface area contributed by atoms with Gasteiger partial charge in [0, 0.05) is 35.6 Å². The molecule has 4 rings (SSSR count). The standard InChI is InChI=1S/C28H36N6O3/c1-17(35)20-14-18(25(36)30-16-28(2,3)4)9-12-23(20)34-13-7-5-6-8-24(34)26(37)31-19-10-11-21-22(15-19)33-27(29)32-21/h9-12,14-15,24H,5-8,13,16H2,1-4H3,(H,30,36)(H,31,37)(H3,29,32,33)/t24-/m1/s1. The van der Waals surface area contributed by atoms with Gasteiger partial charge in [-0.25, -0.2) is 4.98 Å². The summed E-state index contributed by atoms with van der Waals surface area (Å²) in [6.07, 6.45) is 3.49. The summed E-state index contributed by atoms with van der Waals surface area (Å²) < 4.78 is 0. The fourth-order valence-corrected chi connectivity index (χ4v) is 4.66. The number of carbonyl (C=O) groups is 3. The number of nitrogen functional groups attached to an aromatic ring is 1. The zero-order valence-electron chi connectivity index (χ0n) is 22.0. The van der Waals surface area contributed by atoms with Gasteiger partial charge in [0.25, 0.3) is 5.91 Å². The van der Waals surface area contributed by atoms with Crippen LogP contribution in [0.5, 0.6) is 0 Å². The smallest absolute Gasteiger partial charge is 0.251 e. The van der Waals surface area contributed by atoms with Gasteiger partial charge in [-0.05, 0) is 61.6 Å². The maximum atomic E-state index is 13.5. The minimum absolute atomic E-state index is 0.0554. The summed E-state index contributed by atoms with van der Waals surface area (Å²) >= 11 is 0. The molecule has 0 aliphatic carbocycles. The maximum Gasteiger partial charge on any atom is 0.251 e. The van der Waals surface area contributed by atoms with Gasteiger partial charge < -0.3 is 26.3 Å². The molecule has 9 nitrogen and oxygen atoms in total. The number of Topliss-reactive ketones (excluding diaryl/α,β-unsaturated/α-hetero) is 1. The third-order valence-corrected chi connectivity index (χ3v) is 6.55. The highest BCUT2D eigenvalue weighted by molar-refractivity contribution is 6.05. The summed E-state index contributed by atoms with van der Waals surface area (Å²) in [7, 11) is 0. The number of H-pyrrole nitrogens is 1. The topological polar surface area (TPSA) is 133 Å². The lowest BCUT2D eigenvalue weighted by Crippen LogP contribution is -2.44. The lowest BCUT2D eigenvalue weighted by atomic mass is 9.96. The molecule has 3 aromatic rings. The van der Waals surface area contributed by atoms with Crippen molar-refractivity contribution in [2.24, 2.45) is 5.41 Å². The highest BCUT2D eigenvalue weighted by atomic mass is 16.2. The van der Waals surface area contributed by atoms with Gasteiger partial charge in [0.05, 0.1) is 11.0 Å². The minimum Gasteiger partial charge on any atom is -0.369 e. The van der Waals surface area contributed by atoms with Crippen molar-refractivity contribution in [1.82, 2.24) is 15.3 Å². The van der Waals surface area contributed by atoms with Crippen LogP contribution in [-0.2, 0) is 4.79 Å². The third-order valence-electron chi connectivity index (χ3n) is 6.55. The average Bonchev–Trinajstić information content (AvgIpc) is 3.04. The van der Waals surface area contributed by atoms with Crippen molar-refractivity contribution in [3.63, 3.8) is 0 Å². The molecule has 37 heavy (non-hydrogen) atoms. The van der Waals surface area contributed by atoms with E-state index in [0.29, 0.717) is 48.0 Å². The van der Waals surface area contributed by atoms with Gasteiger partial charge in [0.1, 0.15) is 6.04 Å². The Morgan fingerprint density at radius 2 is 1.89 bits per heavy atom. The van der Waals surface area contributed by atoms with Crippen LogP contribution in [0.1, 0.15) is 74.1 Å². The number of amides is 2. The highest BCUT2D eigenvalue weighted by Gasteiger charge is 2.30. The van der Waals surface area contributed by atoms with Crippen molar-refractivity contribution in [3.8, 4) is 0 Å². The number of aromatic amines is 1. The number of ketones is 1. The largest absolute Gasteiger partial charge is 0.369 e. The Morgan fingerprint density at radius 3 is 2.62 bits per heavy atom. The minimum atomic E-state index is -0.455. The van der Waals surface area contributed by atoms with Crippen LogP contribution >= 0.6 is 0 Å². The number of nitrogens with zero attached hydrogens (tertiary/aromatic N) is 2. The monoisotopic (exact) mass is 504 g/mol. The molecule has 2 heterocycles. The van der Waals surface area contributed by atoms with Gasteiger partial charge in [0.15, 0.2) is 11.7 Å². The molecule has 0 saturated carbocycles. The van der Waals surface area contributed by atoms with Gasteiger partial charge in [0.2, 0.25) is 5.91 Å². The van der Waals surface area contributed by atoms with E-state index in [1.54, 1.807) is 30.3 Å². The zero-order valence-corrected chi connectivity index (χ0v) is 22.0. The molecule has 1 fully saturated rings. The Balaban J connectivity index is 1.60. The molecular weight excluding hydrogens is 468 g/mol. The first-order valence-electron chi connectivity index (χ1n) is 12.8. The van der Waals surface area contributed by atoms with Crippen LogP contribution in [-0.4, -0.2) is 46.7 Å². The van der Waals surface area contributed by atoms with Gasteiger partial charge in [-0.1, -0.05) is 33.6 Å². The number of nitrogens with two attached hydrogens (primary N) is 1. The van der Waals surface area contributed by atoms with Crippen molar-refractivity contribution in [2.45, 2.75) is 59.4 Å². The van der Waals surface area contributed by atoms with E-state index in [1.807, 2.05) is 31.7 Å². The SMILES string of the molecule is CC(=O)c1cc(C(=O)NCC(C)(C)C)ccc1N1CCCCC[C@@H]1C(=O)Nc1ccc2nc(N)[nH]c2c1. The fourth-order valence-electron chi connectivity index (χ4n) is 4.66. The second-order valence-corrected chi connectivity index (χ2v) is 10.9. The Hall–Kier alpha value is -3.88. The second-order valence-electron chi connectivity index (χ2n) is 10.9. The van der Waals surface area contributed by atoms with Crippen LogP contribution < -0.4 is 21.3 Å². The van der Waals surface area contributed by atoms with Gasteiger partial charge in [-0.2, -0.15) is 0 Å². The number of benzene rings is 2. The van der Waals surface area contributed by atoms with E-state index < -0.39 is 6.04 Å². The number of aromatic nitrogens is 2. The summed E-state index contributed by atoms with van der Waals surface area (Å²) in [6.45, 7) is 8.80. The molecule has 1 aromatic heterocycles. The van der Waals surface area contributed by atoms with Crippen molar-refractivity contribution in [1.29, 1.82) is 0 Å². The first-order valence-corrected chi connectivity index (χ1v) is 12.8. The summed E-state index contributed by atoms with van der Waals surface area (Å²) in [4.78, 5) is 48.2. The molecule has 1 saturated heterocycles. The molecule has 1 aliphatic rings. The predicted octanol–water partition coefficient (Wildman–Crippen LogP) is 4.51. The molecule has 1 aliphatic heterocycles. The number of nitrogens with one attached hydrogen (secondary N) is 3. The maximum absolute atomic E-state index is 13.5. The number of anilines is 3. The van der Waals surface area contributed by atoms with Crippen molar-refractivity contribution in [3.05, 3.63) is 47.5 Å². The lowest BCUT2D eigenvalue weighted by Gasteiger charge is -2.32. The van der Waals surface area contributed by atoms with Crippen LogP contribution in [0, 0.1) is 5.41 Å². The number of hydrogen-bond acceptors (Lipinski definition) is 6. The average molecular weight is 505 g/mol. The van der Waals surface area contributed by atoms with E-state index in [9.17, 15) is 14.4 Å². The molecule has 0 bridgehead atoms. The van der Waals surface area contributed by atoms with Crippen molar-refractivity contribution < 1.29 is 14.4 Å². The summed E-state index contributed by atoms with van der Waals surface area (Å²) in [6, 6.07) is 10.1. The molecule has 0 unspecified atom stereocenters. The van der Waals surface area contributed by atoms with E-state index in [4.69, 9.17) is 5.73 Å². The van der Waals surface area contributed by atoms with Crippen molar-refractivity contribution >= 4 is 46.0 Å². The second kappa shape index (κ2) is 10.6. The fraction of sp³-hybridized carbons (Fsp3) is 0.429. The van der Waals surface area contributed by atoms with Crippen molar-refractivity contribution in [2.75, 3.05) is 29.0 Å². The first kappa shape index (κ1) is 26.2. The Morgan fingerprint density at radius 1 is 1.11 bits per heavy atom. The molecular formula is C28H36N6O3. The number of carbonyl (C=O) groups excluding carboxylic acids is 3. The molecule has 196 valence electrons. The normalized spacial score (nSPS) is 16.3. The van der Waals surface area contributed by atoms with Crippen LogP contribution in [0.4, 0.5) is 17.3 Å². The molecule has 5 N–H and O–H groups in total. The van der Waals surface area contributed by atoms with Crippen LogP contribution in [0.2, 0.25) is 0 Å². The quantitative estimate of drug-likeness (QED) is 0.365. The van der Waals surface area contributed by atoms with Crippen LogP contribution in [0.25, 0.3) is 11.0 Å². The molecule has 2 amide bonds. The number of imidazole rings is 1. The summed E-state index contributed by atoms with van der Waals surface area (Å²) in [5.74, 6) is -0.189. The molecule has 9 heteroatoms. The van der Waals surface area contributed by atoms with E-state index in [2.05, 4.69) is 20.6 Å². The Labute approximate surface area is 217 Å². The Kier molecular flexibility index (Phi) is 7.52. The van der Waals surface area contributed by atoms with Gasteiger partial charge >= 0.3 is 0 Å². The molecule has 1 atom stereocenters. The van der Waals surface area contributed by atoms with Gasteiger partial charge in [-0.3, -0.25) is 14.4 Å². The van der Waals surface area contributed by atoms with Crippen LogP contribution in [0.3, 0.4) is 0 Å². The number of fused-ring (bicyclic) bond motifs is 1. The van der Waals surface area contributed by atoms with E-state index in [0.717, 1.165) is 30.3 Å². The van der Waals surface area contributed by atoms with E-state index in [1.165, 1.54) is 6.92 Å².